The van der Waals surface area contributed by atoms with E-state index in [2.05, 4.69) is 15.3 Å². The Morgan fingerprint density at radius 3 is 2.73 bits per heavy atom. The van der Waals surface area contributed by atoms with E-state index >= 15 is 0 Å². The Bertz CT molecular complexity index is 800. The van der Waals surface area contributed by atoms with Crippen LogP contribution in [0.25, 0.3) is 10.9 Å². The van der Waals surface area contributed by atoms with Gasteiger partial charge in [-0.1, -0.05) is 19.1 Å². The van der Waals surface area contributed by atoms with Crippen molar-refractivity contribution in [2.75, 3.05) is 5.32 Å². The number of hydrogen-bond acceptors (Lipinski definition) is 3. The molecule has 0 saturated carbocycles. The number of aromatic nitrogens is 2. The second-order valence-electron chi connectivity index (χ2n) is 5.01. The molecule has 112 valence electrons. The Labute approximate surface area is 127 Å². The summed E-state index contributed by atoms with van der Waals surface area (Å²) in [5.41, 5.74) is 1.10. The minimum Gasteiger partial charge on any atom is -0.363 e. The van der Waals surface area contributed by atoms with Gasteiger partial charge in [0.15, 0.2) is 0 Å². The van der Waals surface area contributed by atoms with E-state index in [0.29, 0.717) is 17.8 Å². The lowest BCUT2D eigenvalue weighted by molar-refractivity contribution is 0.566. The number of hydrogen-bond donors (Lipinski definition) is 1. The number of rotatable bonds is 4. The normalized spacial score (nSPS) is 12.3. The van der Waals surface area contributed by atoms with Crippen LogP contribution in [-0.4, -0.2) is 9.97 Å². The molecule has 0 aliphatic carbocycles. The fourth-order valence-corrected chi connectivity index (χ4v) is 2.47. The standard InChI is InChI=1S/C17H15F2N3/c1-2-15(13-9-11(18)7-8-14(13)19)22-17-12-5-3-4-6-16(12)20-10-21-17/h3-10,15H,2H2,1H3,(H,20,21,22). The van der Waals surface area contributed by atoms with Gasteiger partial charge in [0.05, 0.1) is 11.6 Å². The summed E-state index contributed by atoms with van der Waals surface area (Å²) in [6.45, 7) is 1.91. The van der Waals surface area contributed by atoms with E-state index in [-0.39, 0.29) is 6.04 Å². The number of para-hydroxylation sites is 1. The number of nitrogens with one attached hydrogen (secondary N) is 1. The first-order chi connectivity index (χ1) is 10.7. The van der Waals surface area contributed by atoms with Gasteiger partial charge in [0.1, 0.15) is 23.8 Å². The highest BCUT2D eigenvalue weighted by Crippen LogP contribution is 2.27. The molecule has 1 heterocycles. The maximum absolute atomic E-state index is 14.0. The Morgan fingerprint density at radius 2 is 1.91 bits per heavy atom. The van der Waals surface area contributed by atoms with Crippen LogP contribution in [0.5, 0.6) is 0 Å². The topological polar surface area (TPSA) is 37.8 Å². The smallest absolute Gasteiger partial charge is 0.137 e. The molecule has 0 bridgehead atoms. The molecule has 2 aromatic carbocycles. The van der Waals surface area contributed by atoms with Crippen molar-refractivity contribution in [2.24, 2.45) is 0 Å². The zero-order chi connectivity index (χ0) is 15.5. The fourth-order valence-electron chi connectivity index (χ4n) is 2.47. The molecule has 1 atom stereocenters. The Hall–Kier alpha value is -2.56. The second kappa shape index (κ2) is 6.05. The quantitative estimate of drug-likeness (QED) is 0.772. The zero-order valence-electron chi connectivity index (χ0n) is 12.1. The lowest BCUT2D eigenvalue weighted by atomic mass is 10.0. The molecule has 1 aromatic heterocycles. The molecule has 0 aliphatic rings. The molecule has 3 aromatic rings. The number of nitrogens with zero attached hydrogens (tertiary/aromatic N) is 2. The lowest BCUT2D eigenvalue weighted by Crippen LogP contribution is -2.13. The minimum absolute atomic E-state index is 0.296. The first-order valence-electron chi connectivity index (χ1n) is 7.10. The molecular weight excluding hydrogens is 284 g/mol. The average molecular weight is 299 g/mol. The Balaban J connectivity index is 2.00. The van der Waals surface area contributed by atoms with Gasteiger partial charge >= 0.3 is 0 Å². The summed E-state index contributed by atoms with van der Waals surface area (Å²) >= 11 is 0. The molecule has 3 rings (SSSR count). The van der Waals surface area contributed by atoms with E-state index in [9.17, 15) is 8.78 Å². The third-order valence-corrected chi connectivity index (χ3v) is 3.60. The average Bonchev–Trinajstić information content (AvgIpc) is 2.55. The second-order valence-corrected chi connectivity index (χ2v) is 5.01. The number of halogens is 2. The van der Waals surface area contributed by atoms with Gasteiger partial charge in [-0.25, -0.2) is 18.7 Å². The zero-order valence-corrected chi connectivity index (χ0v) is 12.1. The van der Waals surface area contributed by atoms with Gasteiger partial charge < -0.3 is 5.32 Å². The third kappa shape index (κ3) is 2.74. The van der Waals surface area contributed by atoms with Gasteiger partial charge in [-0.2, -0.15) is 0 Å². The summed E-state index contributed by atoms with van der Waals surface area (Å²) in [5.74, 6) is -0.274. The van der Waals surface area contributed by atoms with Gasteiger partial charge in [0.25, 0.3) is 0 Å². The maximum Gasteiger partial charge on any atom is 0.137 e. The van der Waals surface area contributed by atoms with Gasteiger partial charge in [-0.3, -0.25) is 0 Å². The molecule has 0 radical (unpaired) electrons. The molecule has 0 saturated heterocycles. The van der Waals surface area contributed by atoms with E-state index in [4.69, 9.17) is 0 Å². The first-order valence-corrected chi connectivity index (χ1v) is 7.10. The number of fused-ring (bicyclic) bond motifs is 1. The van der Waals surface area contributed by atoms with Crippen LogP contribution in [0, 0.1) is 11.6 Å². The highest BCUT2D eigenvalue weighted by molar-refractivity contribution is 5.88. The molecular formula is C17H15F2N3. The van der Waals surface area contributed by atoms with Crippen LogP contribution in [0.3, 0.4) is 0 Å². The van der Waals surface area contributed by atoms with Crippen molar-refractivity contribution in [2.45, 2.75) is 19.4 Å². The molecule has 3 nitrogen and oxygen atoms in total. The summed E-state index contributed by atoms with van der Waals surface area (Å²) in [4.78, 5) is 8.43. The summed E-state index contributed by atoms with van der Waals surface area (Å²) < 4.78 is 27.4. The van der Waals surface area contributed by atoms with E-state index in [0.717, 1.165) is 23.0 Å². The minimum atomic E-state index is -0.454. The van der Waals surface area contributed by atoms with Crippen LogP contribution in [0.4, 0.5) is 14.6 Å². The van der Waals surface area contributed by atoms with Crippen molar-refractivity contribution in [1.29, 1.82) is 0 Å². The van der Waals surface area contributed by atoms with Crippen molar-refractivity contribution in [3.8, 4) is 0 Å². The highest BCUT2D eigenvalue weighted by Gasteiger charge is 2.16. The van der Waals surface area contributed by atoms with Gasteiger partial charge in [-0.15, -0.1) is 0 Å². The molecule has 0 amide bonds. The van der Waals surface area contributed by atoms with Crippen molar-refractivity contribution in [3.05, 3.63) is 66.0 Å². The maximum atomic E-state index is 14.0. The Kier molecular flexibility index (Phi) is 3.96. The largest absolute Gasteiger partial charge is 0.363 e. The SMILES string of the molecule is CCC(Nc1ncnc2ccccc12)c1cc(F)ccc1F. The Morgan fingerprint density at radius 1 is 1.09 bits per heavy atom. The monoisotopic (exact) mass is 299 g/mol. The van der Waals surface area contributed by atoms with Crippen molar-refractivity contribution in [1.82, 2.24) is 9.97 Å². The van der Waals surface area contributed by atoms with Crippen molar-refractivity contribution < 1.29 is 8.78 Å². The molecule has 0 aliphatic heterocycles. The van der Waals surface area contributed by atoms with Crippen LogP contribution >= 0.6 is 0 Å². The summed E-state index contributed by atoms with van der Waals surface area (Å²) in [7, 11) is 0. The third-order valence-electron chi connectivity index (χ3n) is 3.60. The van der Waals surface area contributed by atoms with Crippen molar-refractivity contribution in [3.63, 3.8) is 0 Å². The van der Waals surface area contributed by atoms with Crippen molar-refractivity contribution >= 4 is 16.7 Å². The van der Waals surface area contributed by atoms with Crippen LogP contribution in [0.2, 0.25) is 0 Å². The van der Waals surface area contributed by atoms with Crippen LogP contribution < -0.4 is 5.32 Å². The molecule has 0 spiro atoms. The van der Waals surface area contributed by atoms with Crippen LogP contribution in [-0.2, 0) is 0 Å². The van der Waals surface area contributed by atoms with E-state index in [1.54, 1.807) is 0 Å². The van der Waals surface area contributed by atoms with Gasteiger partial charge in [-0.05, 0) is 36.8 Å². The number of benzene rings is 2. The molecule has 0 fully saturated rings. The van der Waals surface area contributed by atoms with Crippen LogP contribution in [0.15, 0.2) is 48.8 Å². The number of anilines is 1. The summed E-state index contributed by atoms with van der Waals surface area (Å²) in [6.07, 6.45) is 2.05. The van der Waals surface area contributed by atoms with Crippen LogP contribution in [0.1, 0.15) is 24.9 Å². The van der Waals surface area contributed by atoms with Gasteiger partial charge in [0, 0.05) is 10.9 Å². The summed E-state index contributed by atoms with van der Waals surface area (Å²) in [5, 5.41) is 4.05. The molecule has 22 heavy (non-hydrogen) atoms. The van der Waals surface area contributed by atoms with E-state index < -0.39 is 11.6 Å². The molecule has 1 N–H and O–H groups in total. The fraction of sp³-hybridized carbons (Fsp3) is 0.176. The predicted molar refractivity (Wildman–Crippen MR) is 82.6 cm³/mol. The van der Waals surface area contributed by atoms with E-state index in [1.807, 2.05) is 31.2 Å². The molecule has 1 unspecified atom stereocenters. The predicted octanol–water partition coefficient (Wildman–Crippen LogP) is 4.47. The lowest BCUT2D eigenvalue weighted by Gasteiger charge is -2.19. The molecule has 5 heteroatoms. The first kappa shape index (κ1) is 14.4. The van der Waals surface area contributed by atoms with Gasteiger partial charge in [0.2, 0.25) is 0 Å². The summed E-state index contributed by atoms with van der Waals surface area (Å²) in [6, 6.07) is 10.7. The van der Waals surface area contributed by atoms with E-state index in [1.165, 1.54) is 12.4 Å². The highest BCUT2D eigenvalue weighted by atomic mass is 19.1.